The Hall–Kier alpha value is -0.995. The zero-order chi connectivity index (χ0) is 9.80. The third-order valence-corrected chi connectivity index (χ3v) is 2.16. The number of aliphatic hydroxyl groups excluding tert-OH is 1. The number of rotatable bonds is 4. The first-order valence-corrected chi connectivity index (χ1v) is 4.72. The summed E-state index contributed by atoms with van der Waals surface area (Å²) in [6.07, 6.45) is 0.657. The van der Waals surface area contributed by atoms with Gasteiger partial charge < -0.3 is 14.5 Å². The van der Waals surface area contributed by atoms with E-state index in [1.165, 1.54) is 0 Å². The second-order valence-corrected chi connectivity index (χ2v) is 3.18. The van der Waals surface area contributed by atoms with E-state index in [1.54, 1.807) is 7.48 Å². The minimum absolute atomic E-state index is 0.162. The molecule has 0 atom stereocenters. The summed E-state index contributed by atoms with van der Waals surface area (Å²) in [5.41, 5.74) is 2.19. The van der Waals surface area contributed by atoms with Crippen LogP contribution in [0.4, 0.5) is 0 Å². The molecule has 0 spiro atoms. The molecule has 0 amide bonds. The molecule has 0 saturated carbocycles. The highest BCUT2D eigenvalue weighted by Crippen LogP contribution is 2.15. The van der Waals surface area contributed by atoms with Gasteiger partial charge in [0.05, 0.1) is 13.2 Å². The normalized spacial score (nSPS) is 13.5. The minimum atomic E-state index is 0.162. The molecule has 0 aromatic heterocycles. The summed E-state index contributed by atoms with van der Waals surface area (Å²) in [5, 5.41) is 8.63. The summed E-state index contributed by atoms with van der Waals surface area (Å²) < 4.78 is 10.7. The first-order chi connectivity index (χ1) is 6.92. The molecule has 0 saturated heterocycles. The van der Waals surface area contributed by atoms with Gasteiger partial charge in [-0.05, 0) is 17.1 Å². The summed E-state index contributed by atoms with van der Waals surface area (Å²) >= 11 is 0. The van der Waals surface area contributed by atoms with Crippen molar-refractivity contribution in [2.75, 3.05) is 13.2 Å². The van der Waals surface area contributed by atoms with Gasteiger partial charge in [0.1, 0.15) is 5.75 Å². The van der Waals surface area contributed by atoms with E-state index in [0.29, 0.717) is 19.6 Å². The Kier molecular flexibility index (Phi) is 3.06. The van der Waals surface area contributed by atoms with Crippen molar-refractivity contribution in [2.24, 2.45) is 0 Å². The number of benzene rings is 1. The lowest BCUT2D eigenvalue weighted by Crippen LogP contribution is -2.16. The van der Waals surface area contributed by atoms with Crippen LogP contribution in [0.3, 0.4) is 0 Å². The number of hydrogen-bond donors (Lipinski definition) is 1. The van der Waals surface area contributed by atoms with Crippen LogP contribution in [0.25, 0.3) is 0 Å². The number of fused-ring (bicyclic) bond motifs is 1. The Morgan fingerprint density at radius 2 is 2.43 bits per heavy atom. The summed E-state index contributed by atoms with van der Waals surface area (Å²) in [6, 6.07) is 5.90. The molecule has 1 aromatic rings. The molecule has 1 aliphatic rings. The molecule has 1 heterocycles. The Labute approximate surface area is 83.9 Å². The largest absolute Gasteiger partial charge is 0.494 e. The highest BCUT2D eigenvalue weighted by Gasteiger charge is 2.17. The van der Waals surface area contributed by atoms with Crippen LogP contribution in [0.2, 0.25) is 0 Å². The molecule has 73 valence electrons. The molecule has 1 N–H and O–H groups in total. The SMILES string of the molecule is OCCCOc1cccc2c1[B]OC2. The van der Waals surface area contributed by atoms with Gasteiger partial charge >= 0.3 is 7.48 Å². The Balaban J connectivity index is 2.06. The molecular formula is C10H12BO3. The van der Waals surface area contributed by atoms with Gasteiger partial charge in [-0.25, -0.2) is 0 Å². The van der Waals surface area contributed by atoms with Crippen molar-refractivity contribution in [3.63, 3.8) is 0 Å². The molecule has 3 nitrogen and oxygen atoms in total. The van der Waals surface area contributed by atoms with Gasteiger partial charge in [0.25, 0.3) is 0 Å². The van der Waals surface area contributed by atoms with Crippen LogP contribution in [0.15, 0.2) is 18.2 Å². The van der Waals surface area contributed by atoms with Gasteiger partial charge in [0.2, 0.25) is 0 Å². The van der Waals surface area contributed by atoms with Crippen molar-refractivity contribution in [1.29, 1.82) is 0 Å². The zero-order valence-corrected chi connectivity index (χ0v) is 7.90. The summed E-state index contributed by atoms with van der Waals surface area (Å²) in [6.45, 7) is 1.34. The fourth-order valence-electron chi connectivity index (χ4n) is 1.44. The molecule has 0 bridgehead atoms. The van der Waals surface area contributed by atoms with Crippen molar-refractivity contribution < 1.29 is 14.5 Å². The molecule has 14 heavy (non-hydrogen) atoms. The van der Waals surface area contributed by atoms with E-state index in [2.05, 4.69) is 0 Å². The van der Waals surface area contributed by atoms with Crippen LogP contribution in [-0.4, -0.2) is 25.8 Å². The third-order valence-electron chi connectivity index (χ3n) is 2.16. The average Bonchev–Trinajstić information content (AvgIpc) is 2.67. The molecular weight excluding hydrogens is 179 g/mol. The van der Waals surface area contributed by atoms with Gasteiger partial charge in [-0.3, -0.25) is 0 Å². The van der Waals surface area contributed by atoms with E-state index in [1.807, 2.05) is 18.2 Å². The Morgan fingerprint density at radius 3 is 3.29 bits per heavy atom. The molecule has 1 aromatic carbocycles. The average molecular weight is 191 g/mol. The van der Waals surface area contributed by atoms with Crippen molar-refractivity contribution in [2.45, 2.75) is 13.0 Å². The van der Waals surface area contributed by atoms with Crippen molar-refractivity contribution >= 4 is 12.9 Å². The lowest BCUT2D eigenvalue weighted by atomic mass is 9.86. The molecule has 0 aliphatic carbocycles. The highest BCUT2D eigenvalue weighted by molar-refractivity contribution is 6.50. The number of hydrogen-bond acceptors (Lipinski definition) is 3. The summed E-state index contributed by atoms with van der Waals surface area (Å²) in [5.74, 6) is 0.841. The molecule has 2 rings (SSSR count). The molecule has 0 fully saturated rings. The first kappa shape index (κ1) is 9.56. The van der Waals surface area contributed by atoms with E-state index >= 15 is 0 Å². The lowest BCUT2D eigenvalue weighted by molar-refractivity contribution is 0.234. The maximum absolute atomic E-state index is 8.63. The summed E-state index contributed by atoms with van der Waals surface area (Å²) in [7, 11) is 1.73. The molecule has 0 unspecified atom stereocenters. The van der Waals surface area contributed by atoms with Crippen LogP contribution in [0.5, 0.6) is 5.75 Å². The highest BCUT2D eigenvalue weighted by atomic mass is 16.5. The van der Waals surface area contributed by atoms with Gasteiger partial charge in [-0.1, -0.05) is 12.1 Å². The van der Waals surface area contributed by atoms with Crippen molar-refractivity contribution in [3.05, 3.63) is 23.8 Å². The van der Waals surface area contributed by atoms with Gasteiger partial charge in [0, 0.05) is 13.0 Å². The number of aliphatic hydroxyl groups is 1. The standard InChI is InChI=1S/C10H12BO3/c12-5-2-6-13-9-4-1-3-8-7-14-11-10(8)9/h1,3-4,12H,2,5-7H2. The predicted molar refractivity (Wildman–Crippen MR) is 53.8 cm³/mol. The zero-order valence-electron chi connectivity index (χ0n) is 7.90. The first-order valence-electron chi connectivity index (χ1n) is 4.72. The smallest absolute Gasteiger partial charge is 0.334 e. The molecule has 1 aliphatic heterocycles. The summed E-state index contributed by atoms with van der Waals surface area (Å²) in [4.78, 5) is 0. The Bertz CT molecular complexity index is 314. The Morgan fingerprint density at radius 1 is 1.50 bits per heavy atom. The van der Waals surface area contributed by atoms with Crippen LogP contribution in [-0.2, 0) is 11.3 Å². The monoisotopic (exact) mass is 191 g/mol. The molecule has 1 radical (unpaired) electrons. The fraction of sp³-hybridized carbons (Fsp3) is 0.400. The maximum atomic E-state index is 8.63. The number of ether oxygens (including phenoxy) is 1. The van der Waals surface area contributed by atoms with Crippen LogP contribution in [0, 0.1) is 0 Å². The van der Waals surface area contributed by atoms with E-state index < -0.39 is 0 Å². The quantitative estimate of drug-likeness (QED) is 0.546. The second-order valence-electron chi connectivity index (χ2n) is 3.18. The van der Waals surface area contributed by atoms with Crippen LogP contribution in [0.1, 0.15) is 12.0 Å². The van der Waals surface area contributed by atoms with Crippen LogP contribution >= 0.6 is 0 Å². The predicted octanol–water partition coefficient (Wildman–Crippen LogP) is 0.222. The third kappa shape index (κ3) is 1.91. The molecule has 4 heteroatoms. The van der Waals surface area contributed by atoms with E-state index in [0.717, 1.165) is 16.8 Å². The van der Waals surface area contributed by atoms with Gasteiger partial charge in [0.15, 0.2) is 0 Å². The fourth-order valence-corrected chi connectivity index (χ4v) is 1.44. The maximum Gasteiger partial charge on any atom is 0.334 e. The van der Waals surface area contributed by atoms with Gasteiger partial charge in [-0.2, -0.15) is 0 Å². The van der Waals surface area contributed by atoms with Crippen molar-refractivity contribution in [1.82, 2.24) is 0 Å². The van der Waals surface area contributed by atoms with E-state index in [9.17, 15) is 0 Å². The van der Waals surface area contributed by atoms with Crippen molar-refractivity contribution in [3.8, 4) is 5.75 Å². The topological polar surface area (TPSA) is 38.7 Å². The van der Waals surface area contributed by atoms with Crippen LogP contribution < -0.4 is 10.2 Å². The lowest BCUT2D eigenvalue weighted by Gasteiger charge is -2.08. The minimum Gasteiger partial charge on any atom is -0.494 e. The van der Waals surface area contributed by atoms with E-state index in [-0.39, 0.29) is 6.61 Å². The second kappa shape index (κ2) is 4.48. The van der Waals surface area contributed by atoms with E-state index in [4.69, 9.17) is 14.5 Å². The van der Waals surface area contributed by atoms with Gasteiger partial charge in [-0.15, -0.1) is 0 Å².